The Bertz CT molecular complexity index is 1230. The Morgan fingerprint density at radius 1 is 1.13 bits per heavy atom. The standard InChI is InChI=1S/C19H16F3N5O2S2/c1-18(2)16(24)26(13-4-3-11(10-23)15(9-13)19(20,21)22)17(30)27(18)12-5-7-14(8-6-12)31(25,28)29/h3-9,24H,1-2H3,(H2,25,28,29). The van der Waals surface area contributed by atoms with Gasteiger partial charge < -0.3 is 4.90 Å². The first-order chi connectivity index (χ1) is 14.2. The number of nitriles is 1. The number of benzene rings is 2. The summed E-state index contributed by atoms with van der Waals surface area (Å²) in [6.07, 6.45) is -4.76. The first-order valence-electron chi connectivity index (χ1n) is 8.67. The van der Waals surface area contributed by atoms with Gasteiger partial charge in [0.05, 0.1) is 33.3 Å². The highest BCUT2D eigenvalue weighted by atomic mass is 32.2. The van der Waals surface area contributed by atoms with Crippen LogP contribution < -0.4 is 14.9 Å². The van der Waals surface area contributed by atoms with E-state index in [-0.39, 0.29) is 21.5 Å². The second kappa shape index (κ2) is 7.30. The van der Waals surface area contributed by atoms with Gasteiger partial charge in [-0.05, 0) is 68.5 Å². The highest BCUT2D eigenvalue weighted by molar-refractivity contribution is 7.89. The average molecular weight is 467 g/mol. The largest absolute Gasteiger partial charge is 0.417 e. The van der Waals surface area contributed by atoms with Crippen molar-refractivity contribution in [1.29, 1.82) is 10.7 Å². The van der Waals surface area contributed by atoms with E-state index in [0.29, 0.717) is 5.69 Å². The molecule has 0 spiro atoms. The molecule has 2 aromatic rings. The molecular weight excluding hydrogens is 451 g/mol. The molecule has 0 unspecified atom stereocenters. The van der Waals surface area contributed by atoms with Gasteiger partial charge in [-0.2, -0.15) is 18.4 Å². The summed E-state index contributed by atoms with van der Waals surface area (Å²) in [6.45, 7) is 3.31. The van der Waals surface area contributed by atoms with Crippen molar-refractivity contribution in [3.05, 3.63) is 53.6 Å². The third-order valence-electron chi connectivity index (χ3n) is 4.86. The third-order valence-corrected chi connectivity index (χ3v) is 6.15. The van der Waals surface area contributed by atoms with Crippen LogP contribution >= 0.6 is 12.2 Å². The maximum Gasteiger partial charge on any atom is 0.417 e. The van der Waals surface area contributed by atoms with Crippen LogP contribution in [0.5, 0.6) is 0 Å². The lowest BCUT2D eigenvalue weighted by Gasteiger charge is -2.30. The van der Waals surface area contributed by atoms with Crippen LogP contribution in [-0.2, 0) is 16.2 Å². The van der Waals surface area contributed by atoms with Crippen LogP contribution in [0.15, 0.2) is 47.4 Å². The average Bonchev–Trinajstić information content (AvgIpc) is 2.84. The van der Waals surface area contributed by atoms with Crippen LogP contribution in [0.25, 0.3) is 0 Å². The molecule has 162 valence electrons. The number of alkyl halides is 3. The molecule has 0 radical (unpaired) electrons. The zero-order valence-electron chi connectivity index (χ0n) is 16.2. The number of primary sulfonamides is 1. The maximum atomic E-state index is 13.4. The predicted octanol–water partition coefficient (Wildman–Crippen LogP) is 3.59. The monoisotopic (exact) mass is 467 g/mol. The van der Waals surface area contributed by atoms with Crippen LogP contribution in [0.4, 0.5) is 24.5 Å². The van der Waals surface area contributed by atoms with Crippen molar-refractivity contribution in [2.24, 2.45) is 5.14 Å². The van der Waals surface area contributed by atoms with Gasteiger partial charge in [0, 0.05) is 5.69 Å². The lowest BCUT2D eigenvalue weighted by molar-refractivity contribution is -0.137. The maximum absolute atomic E-state index is 13.4. The lowest BCUT2D eigenvalue weighted by atomic mass is 10.0. The number of sulfonamides is 1. The highest BCUT2D eigenvalue weighted by Crippen LogP contribution is 2.39. The second-order valence-corrected chi connectivity index (χ2v) is 9.17. The van der Waals surface area contributed by atoms with Crippen LogP contribution in [0.2, 0.25) is 0 Å². The number of thiocarbonyl (C=S) groups is 1. The molecular formula is C19H16F3N5O2S2. The molecule has 3 rings (SSSR count). The summed E-state index contributed by atoms with van der Waals surface area (Å²) in [4.78, 5) is 2.59. The second-order valence-electron chi connectivity index (χ2n) is 7.24. The quantitative estimate of drug-likeness (QED) is 0.667. The Hall–Kier alpha value is -3.01. The molecule has 0 amide bonds. The SMILES string of the molecule is CC1(C)C(=N)N(c2ccc(C#N)c(C(F)(F)F)c2)C(=S)N1c1ccc(S(N)(=O)=O)cc1. The van der Waals surface area contributed by atoms with Gasteiger partial charge in [0.25, 0.3) is 0 Å². The van der Waals surface area contributed by atoms with Gasteiger partial charge in [-0.1, -0.05) is 0 Å². The van der Waals surface area contributed by atoms with E-state index < -0.39 is 32.9 Å². The molecule has 0 atom stereocenters. The molecule has 0 aliphatic carbocycles. The summed E-state index contributed by atoms with van der Waals surface area (Å²) >= 11 is 5.48. The molecule has 31 heavy (non-hydrogen) atoms. The minimum absolute atomic E-state index is 0.0157. The Morgan fingerprint density at radius 3 is 2.16 bits per heavy atom. The van der Waals surface area contributed by atoms with Crippen LogP contribution in [0.1, 0.15) is 25.0 Å². The fourth-order valence-electron chi connectivity index (χ4n) is 3.28. The zero-order chi connectivity index (χ0) is 23.4. The van der Waals surface area contributed by atoms with E-state index >= 15 is 0 Å². The van der Waals surface area contributed by atoms with E-state index in [0.717, 1.165) is 12.1 Å². The number of nitrogens with one attached hydrogen (secondary N) is 1. The summed E-state index contributed by atoms with van der Waals surface area (Å²) in [6, 6.07) is 10.1. The number of nitrogens with zero attached hydrogens (tertiary/aromatic N) is 3. The molecule has 0 saturated carbocycles. The van der Waals surface area contributed by atoms with E-state index in [1.54, 1.807) is 13.8 Å². The summed E-state index contributed by atoms with van der Waals surface area (Å²) in [5, 5.41) is 22.7. The number of amidine groups is 1. The summed E-state index contributed by atoms with van der Waals surface area (Å²) < 4.78 is 63.2. The van der Waals surface area contributed by atoms with Gasteiger partial charge in [0.2, 0.25) is 10.0 Å². The Balaban J connectivity index is 2.09. The number of hydrogen-bond donors (Lipinski definition) is 2. The third kappa shape index (κ3) is 3.87. The first-order valence-corrected chi connectivity index (χ1v) is 10.6. The van der Waals surface area contributed by atoms with Crippen molar-refractivity contribution in [2.75, 3.05) is 9.80 Å². The Kier molecular flexibility index (Phi) is 5.34. The minimum atomic E-state index is -4.76. The molecule has 2 aromatic carbocycles. The molecule has 12 heteroatoms. The van der Waals surface area contributed by atoms with Gasteiger partial charge >= 0.3 is 6.18 Å². The molecule has 1 fully saturated rings. The Morgan fingerprint density at radius 2 is 1.68 bits per heavy atom. The van der Waals surface area contributed by atoms with E-state index in [2.05, 4.69) is 0 Å². The fourth-order valence-corrected chi connectivity index (χ4v) is 4.32. The molecule has 3 N–H and O–H groups in total. The van der Waals surface area contributed by atoms with Crippen molar-refractivity contribution in [1.82, 2.24) is 0 Å². The van der Waals surface area contributed by atoms with Gasteiger partial charge in [-0.15, -0.1) is 0 Å². The molecule has 0 aromatic heterocycles. The minimum Gasteiger partial charge on any atom is -0.305 e. The molecule has 0 bridgehead atoms. The summed E-state index contributed by atoms with van der Waals surface area (Å²) in [7, 11) is -3.91. The fraction of sp³-hybridized carbons (Fsp3) is 0.211. The van der Waals surface area contributed by atoms with Crippen LogP contribution in [0.3, 0.4) is 0 Å². The first kappa shape index (κ1) is 22.7. The van der Waals surface area contributed by atoms with Gasteiger partial charge in [-0.25, -0.2) is 13.6 Å². The van der Waals surface area contributed by atoms with E-state index in [1.807, 2.05) is 0 Å². The number of rotatable bonds is 3. The summed E-state index contributed by atoms with van der Waals surface area (Å²) in [5.74, 6) is -0.0918. The summed E-state index contributed by atoms with van der Waals surface area (Å²) in [5.41, 5.74) is -2.32. The van der Waals surface area contributed by atoms with E-state index in [4.69, 9.17) is 28.0 Å². The van der Waals surface area contributed by atoms with Crippen molar-refractivity contribution >= 4 is 44.6 Å². The number of hydrogen-bond acceptors (Lipinski definition) is 5. The van der Waals surface area contributed by atoms with Gasteiger partial charge in [0.1, 0.15) is 5.84 Å². The topological polar surface area (TPSA) is 114 Å². The number of halogens is 3. The van der Waals surface area contributed by atoms with Crippen LogP contribution in [0, 0.1) is 16.7 Å². The van der Waals surface area contributed by atoms with Gasteiger partial charge in [0.15, 0.2) is 5.11 Å². The molecule has 7 nitrogen and oxygen atoms in total. The number of anilines is 2. The van der Waals surface area contributed by atoms with Crippen molar-refractivity contribution in [3.63, 3.8) is 0 Å². The Labute approximate surface area is 182 Å². The predicted molar refractivity (Wildman–Crippen MR) is 113 cm³/mol. The van der Waals surface area contributed by atoms with Gasteiger partial charge in [-0.3, -0.25) is 10.3 Å². The van der Waals surface area contributed by atoms with E-state index in [9.17, 15) is 21.6 Å². The molecule has 1 heterocycles. The van der Waals surface area contributed by atoms with E-state index in [1.165, 1.54) is 46.2 Å². The molecule has 1 aliphatic heterocycles. The molecule has 1 saturated heterocycles. The van der Waals surface area contributed by atoms with Crippen molar-refractivity contribution < 1.29 is 21.6 Å². The van der Waals surface area contributed by atoms with Crippen molar-refractivity contribution in [2.45, 2.75) is 30.5 Å². The smallest absolute Gasteiger partial charge is 0.305 e. The zero-order valence-corrected chi connectivity index (χ0v) is 17.9. The number of nitrogens with two attached hydrogens (primary N) is 1. The molecule has 1 aliphatic rings. The van der Waals surface area contributed by atoms with Crippen LogP contribution in [-0.4, -0.2) is 24.9 Å². The highest BCUT2D eigenvalue weighted by Gasteiger charge is 2.48. The lowest BCUT2D eigenvalue weighted by Crippen LogP contribution is -2.44. The normalized spacial score (nSPS) is 16.5. The van der Waals surface area contributed by atoms with Crippen molar-refractivity contribution in [3.8, 4) is 6.07 Å².